The van der Waals surface area contributed by atoms with Crippen LogP contribution in [0.2, 0.25) is 0 Å². The molecule has 1 nitrogen and oxygen atoms in total. The van der Waals surface area contributed by atoms with Crippen molar-refractivity contribution in [2.45, 2.75) is 24.7 Å². The summed E-state index contributed by atoms with van der Waals surface area (Å²) in [6.45, 7) is 0. The van der Waals surface area contributed by atoms with Gasteiger partial charge in [0.1, 0.15) is 0 Å². The minimum atomic E-state index is 0.728. The first kappa shape index (κ1) is 6.53. The Hall–Kier alpha value is -0.980. The number of nitrogens with zero attached hydrogens (tertiary/aromatic N) is 1. The largest absolute Gasteiger partial charge is 0.357 e. The van der Waals surface area contributed by atoms with E-state index in [4.69, 9.17) is 0 Å². The molecule has 1 heterocycles. The van der Waals surface area contributed by atoms with Crippen LogP contribution < -0.4 is 0 Å². The summed E-state index contributed by atoms with van der Waals surface area (Å²) in [4.78, 5) is 0. The summed E-state index contributed by atoms with van der Waals surface area (Å²) < 4.78 is 2.20. The Bertz CT molecular complexity index is 314. The molecule has 1 heteroatoms. The molecule has 0 saturated heterocycles. The van der Waals surface area contributed by atoms with Gasteiger partial charge in [0.2, 0.25) is 0 Å². The fraction of sp³-hybridized carbons (Fsp3) is 0.455. The van der Waals surface area contributed by atoms with E-state index in [2.05, 4.69) is 36.2 Å². The van der Waals surface area contributed by atoms with Gasteiger partial charge in [-0.15, -0.1) is 0 Å². The van der Waals surface area contributed by atoms with Gasteiger partial charge in [-0.3, -0.25) is 0 Å². The van der Waals surface area contributed by atoms with Crippen LogP contribution in [-0.4, -0.2) is 4.57 Å². The third kappa shape index (κ3) is 0.689. The van der Waals surface area contributed by atoms with Crippen LogP contribution >= 0.6 is 0 Å². The summed E-state index contributed by atoms with van der Waals surface area (Å²) in [6.07, 6.45) is 12.1. The molecular weight excluding hydrogens is 146 g/mol. The maximum atomic E-state index is 2.39. The van der Waals surface area contributed by atoms with Crippen LogP contribution in [0.5, 0.6) is 0 Å². The van der Waals surface area contributed by atoms with Crippen LogP contribution in [-0.2, 0) is 7.05 Å². The van der Waals surface area contributed by atoms with Gasteiger partial charge in [-0.2, -0.15) is 0 Å². The zero-order valence-corrected chi connectivity index (χ0v) is 7.33. The molecule has 2 unspecified atom stereocenters. The van der Waals surface area contributed by atoms with Gasteiger partial charge in [-0.05, 0) is 24.0 Å². The van der Waals surface area contributed by atoms with Crippen LogP contribution in [0.1, 0.15) is 35.8 Å². The number of aryl methyl sites for hydroxylation is 1. The maximum absolute atomic E-state index is 2.39. The molecule has 0 N–H and O–H groups in total. The molecule has 0 aliphatic heterocycles. The lowest BCUT2D eigenvalue weighted by atomic mass is 9.74. The lowest BCUT2D eigenvalue weighted by Crippen LogP contribution is -2.14. The minimum Gasteiger partial charge on any atom is -0.357 e. The molecule has 1 aromatic heterocycles. The zero-order chi connectivity index (χ0) is 8.13. The van der Waals surface area contributed by atoms with Crippen LogP contribution in [0.4, 0.5) is 0 Å². The highest BCUT2D eigenvalue weighted by molar-refractivity contribution is 5.42. The quantitative estimate of drug-likeness (QED) is 0.513. The highest BCUT2D eigenvalue weighted by atomic mass is 14.9. The van der Waals surface area contributed by atoms with Gasteiger partial charge >= 0.3 is 0 Å². The van der Waals surface area contributed by atoms with Gasteiger partial charge in [0.15, 0.2) is 0 Å². The van der Waals surface area contributed by atoms with Gasteiger partial charge in [0.05, 0.1) is 0 Å². The van der Waals surface area contributed by atoms with Crippen LogP contribution in [0.15, 0.2) is 24.5 Å². The molecule has 2 bridgehead atoms. The monoisotopic (exact) mass is 159 g/mol. The van der Waals surface area contributed by atoms with Crippen molar-refractivity contribution in [1.82, 2.24) is 4.57 Å². The van der Waals surface area contributed by atoms with Crippen molar-refractivity contribution >= 4 is 0 Å². The molecule has 0 saturated carbocycles. The Labute approximate surface area is 72.7 Å². The van der Waals surface area contributed by atoms with E-state index in [-0.39, 0.29) is 0 Å². The van der Waals surface area contributed by atoms with E-state index in [1.807, 2.05) is 0 Å². The smallest absolute Gasteiger partial charge is 0.0106 e. The molecule has 0 amide bonds. The average molecular weight is 159 g/mol. The van der Waals surface area contributed by atoms with E-state index >= 15 is 0 Å². The Morgan fingerprint density at radius 3 is 2.00 bits per heavy atom. The Morgan fingerprint density at radius 1 is 1.08 bits per heavy atom. The summed E-state index contributed by atoms with van der Waals surface area (Å²) in [6, 6.07) is 0. The summed E-state index contributed by atoms with van der Waals surface area (Å²) in [5, 5.41) is 0. The number of fused-ring (bicyclic) bond motifs is 1. The number of aromatic nitrogens is 1. The van der Waals surface area contributed by atoms with Gasteiger partial charge in [0, 0.05) is 31.3 Å². The fourth-order valence-corrected chi connectivity index (χ4v) is 2.58. The van der Waals surface area contributed by atoms with Crippen molar-refractivity contribution in [3.8, 4) is 0 Å². The molecule has 3 aliphatic rings. The second-order valence-electron chi connectivity index (χ2n) is 4.01. The van der Waals surface area contributed by atoms with Gasteiger partial charge in [-0.25, -0.2) is 0 Å². The number of hydrogen-bond donors (Lipinski definition) is 0. The number of allylic oxidation sites excluding steroid dienone is 2. The van der Waals surface area contributed by atoms with Crippen molar-refractivity contribution in [2.75, 3.05) is 0 Å². The van der Waals surface area contributed by atoms with Crippen LogP contribution in [0.3, 0.4) is 0 Å². The molecule has 1 aromatic rings. The lowest BCUT2D eigenvalue weighted by molar-refractivity contribution is 0.557. The Kier molecular flexibility index (Phi) is 1.11. The van der Waals surface area contributed by atoms with E-state index in [9.17, 15) is 0 Å². The van der Waals surface area contributed by atoms with E-state index in [0.29, 0.717) is 0 Å². The van der Waals surface area contributed by atoms with Gasteiger partial charge in [0.25, 0.3) is 0 Å². The van der Waals surface area contributed by atoms with Crippen LogP contribution in [0.25, 0.3) is 0 Å². The van der Waals surface area contributed by atoms with E-state index in [1.54, 1.807) is 11.1 Å². The average Bonchev–Trinajstić information content (AvgIpc) is 2.49. The van der Waals surface area contributed by atoms with Crippen molar-refractivity contribution in [1.29, 1.82) is 0 Å². The standard InChI is InChI=1S/C11H13N/c1-12-6-10-8-2-3-9(5-4-8)11(10)7-12/h2-3,6-9H,4-5H2,1H3. The van der Waals surface area contributed by atoms with Crippen molar-refractivity contribution in [3.63, 3.8) is 0 Å². The normalized spacial score (nSPS) is 30.8. The predicted molar refractivity (Wildman–Crippen MR) is 49.3 cm³/mol. The molecule has 0 aromatic carbocycles. The maximum Gasteiger partial charge on any atom is 0.0106 e. The summed E-state index contributed by atoms with van der Waals surface area (Å²) in [5.41, 5.74) is 3.16. The predicted octanol–water partition coefficient (Wildman–Crippen LogP) is 2.56. The van der Waals surface area contributed by atoms with Gasteiger partial charge < -0.3 is 4.57 Å². The summed E-state index contributed by atoms with van der Waals surface area (Å²) in [7, 11) is 2.12. The summed E-state index contributed by atoms with van der Waals surface area (Å²) in [5.74, 6) is 1.46. The molecule has 0 fully saturated rings. The second kappa shape index (κ2) is 2.03. The Morgan fingerprint density at radius 2 is 1.58 bits per heavy atom. The first-order valence-electron chi connectivity index (χ1n) is 4.68. The van der Waals surface area contributed by atoms with E-state index < -0.39 is 0 Å². The van der Waals surface area contributed by atoms with E-state index in [1.165, 1.54) is 12.8 Å². The SMILES string of the molecule is Cn1cc2c(c1)C1C=CC2CC1. The molecule has 4 rings (SSSR count). The first-order chi connectivity index (χ1) is 5.84. The zero-order valence-electron chi connectivity index (χ0n) is 7.33. The first-order valence-corrected chi connectivity index (χ1v) is 4.68. The van der Waals surface area contributed by atoms with Crippen molar-refractivity contribution in [2.24, 2.45) is 7.05 Å². The highest BCUT2D eigenvalue weighted by Gasteiger charge is 2.29. The summed E-state index contributed by atoms with van der Waals surface area (Å²) >= 11 is 0. The molecule has 3 aliphatic carbocycles. The lowest BCUT2D eigenvalue weighted by Gasteiger charge is -2.30. The van der Waals surface area contributed by atoms with Gasteiger partial charge in [-0.1, -0.05) is 12.2 Å². The second-order valence-corrected chi connectivity index (χ2v) is 4.01. The topological polar surface area (TPSA) is 4.93 Å². The third-order valence-electron chi connectivity index (χ3n) is 3.18. The van der Waals surface area contributed by atoms with Crippen molar-refractivity contribution in [3.05, 3.63) is 35.7 Å². The molecule has 0 spiro atoms. The third-order valence-corrected chi connectivity index (χ3v) is 3.18. The molecule has 12 heavy (non-hydrogen) atoms. The highest BCUT2D eigenvalue weighted by Crippen LogP contribution is 2.44. The molecule has 0 radical (unpaired) electrons. The van der Waals surface area contributed by atoms with Crippen LogP contribution in [0, 0.1) is 0 Å². The van der Waals surface area contributed by atoms with Crippen molar-refractivity contribution < 1.29 is 0 Å². The Balaban J connectivity index is 2.23. The minimum absolute atomic E-state index is 0.728. The van der Waals surface area contributed by atoms with E-state index in [0.717, 1.165) is 11.8 Å². The number of hydrogen-bond acceptors (Lipinski definition) is 0. The molecule has 62 valence electrons. The fourth-order valence-electron chi connectivity index (χ4n) is 2.58. The molecular formula is C11H13N. The number of rotatable bonds is 0. The molecule has 2 atom stereocenters.